The Balaban J connectivity index is 0.00000533. The quantitative estimate of drug-likeness (QED) is 0.207. The van der Waals surface area contributed by atoms with E-state index in [2.05, 4.69) is 15.3 Å². The number of hydrogen-bond acceptors (Lipinski definition) is 9. The fourth-order valence-electron chi connectivity index (χ4n) is 3.30. The highest BCUT2D eigenvalue weighted by atomic mass is 32.2. The van der Waals surface area contributed by atoms with Crippen LogP contribution in [-0.4, -0.2) is 50.8 Å². The number of methoxy groups -OCH3 is 2. The van der Waals surface area contributed by atoms with Crippen LogP contribution in [-0.2, 0) is 4.74 Å². The number of rotatable bonds is 9. The number of aryl methyl sites for hydroxylation is 1. The van der Waals surface area contributed by atoms with Gasteiger partial charge in [0.05, 0.1) is 23.9 Å². The maximum atomic E-state index is 13.5. The number of aromatic nitrogens is 3. The van der Waals surface area contributed by atoms with Crippen molar-refractivity contribution in [1.82, 2.24) is 19.9 Å². The fraction of sp³-hybridized carbons (Fsp3) is 0.320. The Morgan fingerprint density at radius 2 is 1.92 bits per heavy atom. The number of ether oxygens (including phenoxy) is 2. The van der Waals surface area contributed by atoms with Crippen LogP contribution in [0.3, 0.4) is 0 Å². The van der Waals surface area contributed by atoms with Gasteiger partial charge in [0.15, 0.2) is 0 Å². The van der Waals surface area contributed by atoms with E-state index in [0.717, 1.165) is 29.6 Å². The summed E-state index contributed by atoms with van der Waals surface area (Å²) in [6.45, 7) is 5.13. The molecule has 0 radical (unpaired) electrons. The van der Waals surface area contributed by atoms with Gasteiger partial charge in [-0.15, -0.1) is 0 Å². The van der Waals surface area contributed by atoms with E-state index in [1.54, 1.807) is 26.8 Å². The minimum absolute atomic E-state index is 0. The molecule has 0 saturated carbocycles. The molecular weight excluding hydrogens is 518 g/mol. The van der Waals surface area contributed by atoms with E-state index in [0.29, 0.717) is 0 Å². The molecule has 0 saturated heterocycles. The van der Waals surface area contributed by atoms with Gasteiger partial charge in [-0.05, 0) is 44.5 Å². The van der Waals surface area contributed by atoms with Crippen molar-refractivity contribution in [3.8, 4) is 22.7 Å². The van der Waals surface area contributed by atoms with Crippen molar-refractivity contribution in [3.05, 3.63) is 70.0 Å². The predicted octanol–water partition coefficient (Wildman–Crippen LogP) is 3.90. The van der Waals surface area contributed by atoms with Crippen molar-refractivity contribution >= 4 is 22.7 Å². The van der Waals surface area contributed by atoms with Crippen LogP contribution < -0.4 is 21.3 Å². The van der Waals surface area contributed by atoms with E-state index in [1.807, 2.05) is 0 Å². The first kappa shape index (κ1) is 28.9. The van der Waals surface area contributed by atoms with E-state index in [-0.39, 0.29) is 40.3 Å². The zero-order valence-corrected chi connectivity index (χ0v) is 22.2. The average molecular weight is 549 g/mol. The van der Waals surface area contributed by atoms with Crippen molar-refractivity contribution in [2.24, 2.45) is 5.73 Å². The average Bonchev–Trinajstić information content (AvgIpc) is 2.87. The molecule has 0 aromatic carbocycles. The summed E-state index contributed by atoms with van der Waals surface area (Å²) < 4.78 is 38.9. The smallest absolute Gasteiger partial charge is 0.280 e. The molecule has 0 bridgehead atoms. The van der Waals surface area contributed by atoms with Crippen LogP contribution in [0.15, 0.2) is 47.7 Å². The molecule has 3 heterocycles. The highest BCUT2D eigenvalue weighted by Crippen LogP contribution is 2.35. The standard InChI is InChI=1S/C25H28F2N6O4S.H2/c1-13-6-7-33(20(34)8-13)19-10-14(15-9-17(21(26)27)30-12-18(15)36-4)16(11-31-19)22(35)32-24(29)38-23(28)25(2,3)37-5;/h6-12,21,24,28H,29H2,1-5H3,(H,32,35);1H. The first-order chi connectivity index (χ1) is 17.9. The second kappa shape index (κ2) is 11.8. The van der Waals surface area contributed by atoms with Crippen LogP contribution >= 0.6 is 11.8 Å². The minimum atomic E-state index is -2.88. The number of amides is 1. The van der Waals surface area contributed by atoms with Crippen molar-refractivity contribution in [1.29, 1.82) is 5.41 Å². The van der Waals surface area contributed by atoms with Crippen molar-refractivity contribution < 1.29 is 24.5 Å². The number of nitrogens with zero attached hydrogens (tertiary/aromatic N) is 3. The largest absolute Gasteiger partial charge is 0.494 e. The lowest BCUT2D eigenvalue weighted by molar-refractivity contribution is 0.0848. The topological polar surface area (TPSA) is 145 Å². The molecule has 3 rings (SSSR count). The van der Waals surface area contributed by atoms with Crippen LogP contribution in [0.1, 0.15) is 43.3 Å². The van der Waals surface area contributed by atoms with Crippen LogP contribution in [0.4, 0.5) is 8.78 Å². The van der Waals surface area contributed by atoms with Crippen LogP contribution in [0.5, 0.6) is 5.75 Å². The number of pyridine rings is 3. The molecule has 13 heteroatoms. The molecule has 4 N–H and O–H groups in total. The number of halogens is 2. The lowest BCUT2D eigenvalue weighted by Gasteiger charge is -2.25. The molecule has 1 atom stereocenters. The third kappa shape index (κ3) is 6.41. The summed E-state index contributed by atoms with van der Waals surface area (Å²) in [4.78, 5) is 33.9. The number of carbonyl (C=O) groups is 1. The number of thioether (sulfide) groups is 1. The second-order valence-corrected chi connectivity index (χ2v) is 9.82. The summed E-state index contributed by atoms with van der Waals surface area (Å²) in [5.74, 6) is -0.406. The van der Waals surface area contributed by atoms with Gasteiger partial charge in [-0.1, -0.05) is 11.8 Å². The highest BCUT2D eigenvalue weighted by molar-refractivity contribution is 8.14. The van der Waals surface area contributed by atoms with Gasteiger partial charge in [0, 0.05) is 38.1 Å². The molecule has 0 fully saturated rings. The first-order valence-electron chi connectivity index (χ1n) is 11.3. The van der Waals surface area contributed by atoms with E-state index >= 15 is 0 Å². The number of nitrogens with one attached hydrogen (secondary N) is 2. The molecule has 1 amide bonds. The number of nitrogens with two attached hydrogens (primary N) is 1. The Morgan fingerprint density at radius 1 is 1.21 bits per heavy atom. The Kier molecular flexibility index (Phi) is 8.97. The van der Waals surface area contributed by atoms with Gasteiger partial charge in [-0.25, -0.2) is 13.8 Å². The summed E-state index contributed by atoms with van der Waals surface area (Å²) in [6, 6.07) is 5.66. The molecule has 0 spiro atoms. The molecule has 204 valence electrons. The molecule has 10 nitrogen and oxygen atoms in total. The van der Waals surface area contributed by atoms with Gasteiger partial charge in [0.1, 0.15) is 28.4 Å². The predicted molar refractivity (Wildman–Crippen MR) is 143 cm³/mol. The molecule has 0 aliphatic rings. The van der Waals surface area contributed by atoms with E-state index in [1.165, 1.54) is 43.3 Å². The molecule has 3 aromatic heterocycles. The molecule has 3 aromatic rings. The van der Waals surface area contributed by atoms with E-state index in [4.69, 9.17) is 20.6 Å². The summed E-state index contributed by atoms with van der Waals surface area (Å²) in [7, 11) is 2.79. The first-order valence-corrected chi connectivity index (χ1v) is 12.2. The Labute approximate surface area is 223 Å². The lowest BCUT2D eigenvalue weighted by Crippen LogP contribution is -2.43. The van der Waals surface area contributed by atoms with Gasteiger partial charge >= 0.3 is 0 Å². The highest BCUT2D eigenvalue weighted by Gasteiger charge is 2.27. The normalized spacial score (nSPS) is 12.3. The summed E-state index contributed by atoms with van der Waals surface area (Å²) >= 11 is 0.878. The summed E-state index contributed by atoms with van der Waals surface area (Å²) in [5.41, 5.74) is 4.24. The number of hydrogen-bond donors (Lipinski definition) is 3. The van der Waals surface area contributed by atoms with Crippen LogP contribution in [0.2, 0.25) is 0 Å². The third-order valence-corrected chi connectivity index (χ3v) is 6.75. The van der Waals surface area contributed by atoms with Crippen LogP contribution in [0.25, 0.3) is 16.9 Å². The van der Waals surface area contributed by atoms with Gasteiger partial charge in [0.25, 0.3) is 17.9 Å². The molecule has 38 heavy (non-hydrogen) atoms. The lowest BCUT2D eigenvalue weighted by atomic mass is 10.00. The summed E-state index contributed by atoms with van der Waals surface area (Å²) in [5, 5.41) is 10.9. The van der Waals surface area contributed by atoms with Crippen molar-refractivity contribution in [2.75, 3.05) is 14.2 Å². The second-order valence-electron chi connectivity index (χ2n) is 8.67. The SMILES string of the molecule is COc1cnc(C(F)F)cc1-c1cc(-n2ccc(C)cc2=O)ncc1C(=O)NC(N)SC(=N)C(C)(C)OC.[HH]. The zero-order valence-electron chi connectivity index (χ0n) is 21.4. The Hall–Kier alpha value is -3.68. The third-order valence-electron chi connectivity index (χ3n) is 5.65. The molecule has 1 unspecified atom stereocenters. The zero-order chi connectivity index (χ0) is 28.2. The number of alkyl halides is 2. The monoisotopic (exact) mass is 548 g/mol. The maximum Gasteiger partial charge on any atom is 0.280 e. The molecular formula is C25H30F2N6O4S. The minimum Gasteiger partial charge on any atom is -0.494 e. The number of carbonyl (C=O) groups excluding carboxylic acids is 1. The van der Waals surface area contributed by atoms with Crippen LogP contribution in [0, 0.1) is 12.3 Å². The van der Waals surface area contributed by atoms with Gasteiger partial charge in [-0.3, -0.25) is 24.5 Å². The van der Waals surface area contributed by atoms with Gasteiger partial charge < -0.3 is 20.5 Å². The van der Waals surface area contributed by atoms with Gasteiger partial charge in [-0.2, -0.15) is 0 Å². The Bertz CT molecular complexity index is 1420. The Morgan fingerprint density at radius 3 is 2.53 bits per heavy atom. The van der Waals surface area contributed by atoms with E-state index in [9.17, 15) is 18.4 Å². The fourth-order valence-corrected chi connectivity index (χ4v) is 4.08. The van der Waals surface area contributed by atoms with Crippen molar-refractivity contribution in [2.45, 2.75) is 38.3 Å². The molecule has 0 aliphatic carbocycles. The summed E-state index contributed by atoms with van der Waals surface area (Å²) in [6.07, 6.45) is 0.994. The maximum absolute atomic E-state index is 13.5. The van der Waals surface area contributed by atoms with E-state index < -0.39 is 29.1 Å². The van der Waals surface area contributed by atoms with Gasteiger partial charge in [0.2, 0.25) is 0 Å². The molecule has 0 aliphatic heterocycles. The van der Waals surface area contributed by atoms with Crippen molar-refractivity contribution in [3.63, 3.8) is 0 Å².